The van der Waals surface area contributed by atoms with Crippen LogP contribution in [0.2, 0.25) is 0 Å². The van der Waals surface area contributed by atoms with Gasteiger partial charge in [-0.25, -0.2) is 0 Å². The number of rotatable bonds is 2. The van der Waals surface area contributed by atoms with Crippen LogP contribution in [0.3, 0.4) is 0 Å². The van der Waals surface area contributed by atoms with E-state index in [0.717, 1.165) is 11.1 Å². The predicted octanol–water partition coefficient (Wildman–Crippen LogP) is 2.55. The lowest BCUT2D eigenvalue weighted by Gasteiger charge is -2.22. The summed E-state index contributed by atoms with van der Waals surface area (Å²) < 4.78 is 11.3. The Morgan fingerprint density at radius 3 is 2.31 bits per heavy atom. The molecule has 0 spiro atoms. The van der Waals surface area contributed by atoms with E-state index >= 15 is 0 Å². The van der Waals surface area contributed by atoms with Crippen molar-refractivity contribution in [3.05, 3.63) is 70.8 Å². The zero-order valence-corrected chi connectivity index (χ0v) is 14.3. The molecule has 0 atom stereocenters. The van der Waals surface area contributed by atoms with Crippen LogP contribution >= 0.6 is 0 Å². The van der Waals surface area contributed by atoms with Crippen LogP contribution in [0.15, 0.2) is 48.5 Å². The Morgan fingerprint density at radius 2 is 1.65 bits per heavy atom. The highest BCUT2D eigenvalue weighted by molar-refractivity contribution is 6.21. The molecule has 2 amide bonds. The van der Waals surface area contributed by atoms with Crippen molar-refractivity contribution in [2.75, 3.05) is 19.8 Å². The molecule has 130 valence electrons. The SMILES string of the molecule is CC1(c2cccc(C#CCN3C(=O)c4ccccc4C3=O)c2)OCCO1. The minimum Gasteiger partial charge on any atom is -0.344 e. The Kier molecular flexibility index (Phi) is 4.08. The van der Waals surface area contributed by atoms with Crippen LogP contribution in [-0.2, 0) is 15.3 Å². The Hall–Kier alpha value is -2.94. The van der Waals surface area contributed by atoms with Crippen molar-refractivity contribution in [2.45, 2.75) is 12.7 Å². The van der Waals surface area contributed by atoms with Gasteiger partial charge in [-0.05, 0) is 31.2 Å². The molecular weight excluding hydrogens is 330 g/mol. The minimum atomic E-state index is -0.750. The van der Waals surface area contributed by atoms with Crippen molar-refractivity contribution in [1.29, 1.82) is 0 Å². The van der Waals surface area contributed by atoms with E-state index in [-0.39, 0.29) is 18.4 Å². The quantitative estimate of drug-likeness (QED) is 0.619. The van der Waals surface area contributed by atoms with Crippen molar-refractivity contribution < 1.29 is 19.1 Å². The van der Waals surface area contributed by atoms with Gasteiger partial charge in [0.25, 0.3) is 11.8 Å². The molecule has 0 radical (unpaired) electrons. The second-order valence-electron chi connectivity index (χ2n) is 6.27. The van der Waals surface area contributed by atoms with E-state index in [9.17, 15) is 9.59 Å². The minimum absolute atomic E-state index is 0.0564. The third-order valence-corrected chi connectivity index (χ3v) is 4.57. The zero-order valence-electron chi connectivity index (χ0n) is 14.3. The number of carbonyl (C=O) groups excluding carboxylic acids is 2. The number of carbonyl (C=O) groups is 2. The summed E-state index contributed by atoms with van der Waals surface area (Å²) in [4.78, 5) is 25.8. The first kappa shape index (κ1) is 16.5. The molecule has 4 rings (SSSR count). The maximum absolute atomic E-state index is 12.3. The highest BCUT2D eigenvalue weighted by atomic mass is 16.7. The molecule has 0 saturated carbocycles. The Balaban J connectivity index is 1.51. The number of benzene rings is 2. The first-order valence-electron chi connectivity index (χ1n) is 8.41. The first-order chi connectivity index (χ1) is 12.6. The van der Waals surface area contributed by atoms with Gasteiger partial charge in [-0.1, -0.05) is 36.1 Å². The van der Waals surface area contributed by atoms with Crippen molar-refractivity contribution in [2.24, 2.45) is 0 Å². The highest BCUT2D eigenvalue weighted by Gasteiger charge is 2.34. The molecule has 0 aromatic heterocycles. The number of nitrogens with zero attached hydrogens (tertiary/aromatic N) is 1. The average molecular weight is 347 g/mol. The van der Waals surface area contributed by atoms with Crippen LogP contribution in [0.5, 0.6) is 0 Å². The Bertz CT molecular complexity index is 913. The summed E-state index contributed by atoms with van der Waals surface area (Å²) in [5.74, 6) is 4.59. The molecule has 0 unspecified atom stereocenters. The molecular formula is C21H17NO4. The topological polar surface area (TPSA) is 55.8 Å². The van der Waals surface area contributed by atoms with Crippen LogP contribution in [-0.4, -0.2) is 36.5 Å². The van der Waals surface area contributed by atoms with Crippen molar-refractivity contribution in [3.63, 3.8) is 0 Å². The largest absolute Gasteiger partial charge is 0.344 e. The summed E-state index contributed by atoms with van der Waals surface area (Å²) in [6.45, 7) is 3.06. The molecule has 5 heteroatoms. The standard InChI is InChI=1S/C21H17NO4/c1-21(25-12-13-26-21)16-8-4-6-15(14-16)7-5-11-22-19(23)17-9-2-3-10-18(17)20(22)24/h2-4,6,8-10,14H,11-13H2,1H3. The lowest BCUT2D eigenvalue weighted by molar-refractivity contribution is -0.149. The third-order valence-electron chi connectivity index (χ3n) is 4.57. The fourth-order valence-corrected chi connectivity index (χ4v) is 3.16. The van der Waals surface area contributed by atoms with E-state index in [1.807, 2.05) is 31.2 Å². The molecule has 26 heavy (non-hydrogen) atoms. The van der Waals surface area contributed by atoms with Gasteiger partial charge in [-0.2, -0.15) is 0 Å². The van der Waals surface area contributed by atoms with Crippen LogP contribution in [0.25, 0.3) is 0 Å². The molecule has 2 heterocycles. The second kappa shape index (κ2) is 6.41. The fourth-order valence-electron chi connectivity index (χ4n) is 3.16. The molecule has 2 aliphatic heterocycles. The number of imide groups is 1. The molecule has 5 nitrogen and oxygen atoms in total. The Morgan fingerprint density at radius 1 is 1.00 bits per heavy atom. The smallest absolute Gasteiger partial charge is 0.262 e. The normalized spacial score (nSPS) is 17.8. The molecule has 1 fully saturated rings. The van der Waals surface area contributed by atoms with Crippen LogP contribution in [0.4, 0.5) is 0 Å². The summed E-state index contributed by atoms with van der Waals surface area (Å²) >= 11 is 0. The van der Waals surface area contributed by atoms with Crippen molar-refractivity contribution >= 4 is 11.8 Å². The first-order valence-corrected chi connectivity index (χ1v) is 8.41. The fraction of sp³-hybridized carbons (Fsp3) is 0.238. The monoisotopic (exact) mass is 347 g/mol. The summed E-state index contributed by atoms with van der Waals surface area (Å²) in [7, 11) is 0. The number of amides is 2. The van der Waals surface area contributed by atoms with Crippen LogP contribution < -0.4 is 0 Å². The molecule has 2 aromatic carbocycles. The number of hydrogen-bond acceptors (Lipinski definition) is 4. The summed E-state index contributed by atoms with van der Waals surface area (Å²) in [5.41, 5.74) is 2.54. The molecule has 0 N–H and O–H groups in total. The second-order valence-corrected chi connectivity index (χ2v) is 6.27. The Labute approximate surface area is 151 Å². The average Bonchev–Trinajstić information content (AvgIpc) is 3.21. The predicted molar refractivity (Wildman–Crippen MR) is 94.4 cm³/mol. The molecule has 1 saturated heterocycles. The van der Waals surface area contributed by atoms with Gasteiger partial charge in [-0.15, -0.1) is 0 Å². The van der Waals surface area contributed by atoms with Crippen LogP contribution in [0, 0.1) is 11.8 Å². The lowest BCUT2D eigenvalue weighted by Crippen LogP contribution is -2.30. The van der Waals surface area contributed by atoms with Crippen LogP contribution in [0.1, 0.15) is 38.8 Å². The summed E-state index contributed by atoms with van der Waals surface area (Å²) in [5, 5.41) is 0. The van der Waals surface area contributed by atoms with E-state index in [1.54, 1.807) is 24.3 Å². The van der Waals surface area contributed by atoms with Gasteiger partial charge in [0.1, 0.15) is 0 Å². The van der Waals surface area contributed by atoms with Crippen molar-refractivity contribution in [1.82, 2.24) is 4.90 Å². The van der Waals surface area contributed by atoms with Gasteiger partial charge in [0.05, 0.1) is 30.9 Å². The summed E-state index contributed by atoms with van der Waals surface area (Å²) in [6, 6.07) is 14.4. The van der Waals surface area contributed by atoms with E-state index in [4.69, 9.17) is 9.47 Å². The third kappa shape index (κ3) is 2.80. The maximum Gasteiger partial charge on any atom is 0.262 e. The highest BCUT2D eigenvalue weighted by Crippen LogP contribution is 2.31. The zero-order chi connectivity index (χ0) is 18.1. The number of fused-ring (bicyclic) bond motifs is 1. The van der Waals surface area contributed by atoms with E-state index in [2.05, 4.69) is 11.8 Å². The molecule has 0 bridgehead atoms. The van der Waals surface area contributed by atoms with Gasteiger partial charge < -0.3 is 9.47 Å². The summed E-state index contributed by atoms with van der Waals surface area (Å²) in [6.07, 6.45) is 0. The molecule has 2 aromatic rings. The van der Waals surface area contributed by atoms with E-state index < -0.39 is 5.79 Å². The molecule has 2 aliphatic rings. The van der Waals surface area contributed by atoms with Gasteiger partial charge in [-0.3, -0.25) is 14.5 Å². The number of hydrogen-bond donors (Lipinski definition) is 0. The molecule has 0 aliphatic carbocycles. The lowest BCUT2D eigenvalue weighted by atomic mass is 10.0. The van der Waals surface area contributed by atoms with Gasteiger partial charge >= 0.3 is 0 Å². The van der Waals surface area contributed by atoms with Gasteiger partial charge in [0, 0.05) is 11.1 Å². The van der Waals surface area contributed by atoms with Gasteiger partial charge in [0.2, 0.25) is 0 Å². The van der Waals surface area contributed by atoms with Crippen molar-refractivity contribution in [3.8, 4) is 11.8 Å². The van der Waals surface area contributed by atoms with E-state index in [0.29, 0.717) is 24.3 Å². The maximum atomic E-state index is 12.3. The van der Waals surface area contributed by atoms with E-state index in [1.165, 1.54) is 4.90 Å². The number of ether oxygens (including phenoxy) is 2. The van der Waals surface area contributed by atoms with Gasteiger partial charge in [0.15, 0.2) is 5.79 Å².